The van der Waals surface area contributed by atoms with E-state index in [0.717, 1.165) is 36.1 Å². The third kappa shape index (κ3) is 4.39. The Morgan fingerprint density at radius 1 is 1.08 bits per heavy atom. The van der Waals surface area contributed by atoms with Gasteiger partial charge in [-0.1, -0.05) is 30.3 Å². The van der Waals surface area contributed by atoms with Gasteiger partial charge in [0.25, 0.3) is 0 Å². The van der Waals surface area contributed by atoms with E-state index in [1.165, 1.54) is 0 Å². The Balaban J connectivity index is 1.60. The first-order chi connectivity index (χ1) is 12.5. The lowest BCUT2D eigenvalue weighted by Gasteiger charge is -2.35. The van der Waals surface area contributed by atoms with Crippen LogP contribution < -0.4 is 9.80 Å². The van der Waals surface area contributed by atoms with Crippen LogP contribution in [0.4, 0.5) is 11.6 Å². The highest BCUT2D eigenvalue weighted by molar-refractivity contribution is 5.91. The van der Waals surface area contributed by atoms with Crippen LogP contribution in [0.1, 0.15) is 11.4 Å². The minimum absolute atomic E-state index is 0.0568. The van der Waals surface area contributed by atoms with Gasteiger partial charge in [0.05, 0.1) is 0 Å². The number of aromatic nitrogens is 2. The number of aryl methyl sites for hydroxylation is 1. The van der Waals surface area contributed by atoms with Gasteiger partial charge in [-0.15, -0.1) is 0 Å². The van der Waals surface area contributed by atoms with Gasteiger partial charge in [-0.3, -0.25) is 4.79 Å². The molecule has 1 aromatic heterocycles. The topological polar surface area (TPSA) is 52.6 Å². The predicted octanol–water partition coefficient (Wildman–Crippen LogP) is 2.21. The molecule has 2 heterocycles. The van der Waals surface area contributed by atoms with E-state index in [0.29, 0.717) is 13.1 Å². The summed E-state index contributed by atoms with van der Waals surface area (Å²) in [5.41, 5.74) is 1.03. The molecule has 6 nitrogen and oxygen atoms in total. The second-order valence-electron chi connectivity index (χ2n) is 6.58. The maximum atomic E-state index is 12.4. The first-order valence-corrected chi connectivity index (χ1v) is 8.83. The number of hydrogen-bond acceptors (Lipinski definition) is 5. The first kappa shape index (κ1) is 17.9. The Bertz CT molecular complexity index is 780. The van der Waals surface area contributed by atoms with E-state index < -0.39 is 0 Å². The number of hydrogen-bond donors (Lipinski definition) is 0. The van der Waals surface area contributed by atoms with E-state index >= 15 is 0 Å². The smallest absolute Gasteiger partial charge is 0.246 e. The maximum absolute atomic E-state index is 12.4. The van der Waals surface area contributed by atoms with Crippen LogP contribution in [-0.2, 0) is 4.79 Å². The van der Waals surface area contributed by atoms with E-state index in [9.17, 15) is 4.79 Å². The van der Waals surface area contributed by atoms with Crippen LogP contribution in [0.2, 0.25) is 0 Å². The monoisotopic (exact) mass is 351 g/mol. The lowest BCUT2D eigenvalue weighted by molar-refractivity contribution is -0.126. The van der Waals surface area contributed by atoms with E-state index in [2.05, 4.69) is 14.9 Å². The van der Waals surface area contributed by atoms with E-state index in [1.54, 1.807) is 6.08 Å². The molecule has 1 fully saturated rings. The standard InChI is InChI=1S/C20H25N5O/c1-16-21-18(23(2)3)15-19(22-16)24-11-13-25(14-12-24)20(26)10-9-17-7-5-4-6-8-17/h4-10,15H,11-14H2,1-3H3/b10-9+. The first-order valence-electron chi connectivity index (χ1n) is 8.83. The molecule has 3 rings (SSSR count). The molecule has 0 bridgehead atoms. The number of rotatable bonds is 4. The van der Waals surface area contributed by atoms with Gasteiger partial charge in [0, 0.05) is 52.4 Å². The van der Waals surface area contributed by atoms with Crippen molar-refractivity contribution < 1.29 is 4.79 Å². The summed E-state index contributed by atoms with van der Waals surface area (Å²) in [4.78, 5) is 27.5. The summed E-state index contributed by atoms with van der Waals surface area (Å²) < 4.78 is 0. The molecule has 1 aliphatic heterocycles. The predicted molar refractivity (Wildman–Crippen MR) is 105 cm³/mol. The van der Waals surface area contributed by atoms with Gasteiger partial charge in [-0.2, -0.15) is 0 Å². The molecule has 0 radical (unpaired) electrons. The third-order valence-corrected chi connectivity index (χ3v) is 4.40. The number of carbonyl (C=O) groups excluding carboxylic acids is 1. The number of benzene rings is 1. The second kappa shape index (κ2) is 7.99. The van der Waals surface area contributed by atoms with Crippen molar-refractivity contribution in [3.8, 4) is 0 Å². The zero-order valence-electron chi connectivity index (χ0n) is 15.6. The van der Waals surface area contributed by atoms with Crippen LogP contribution in [0.5, 0.6) is 0 Å². The zero-order chi connectivity index (χ0) is 18.5. The molecule has 1 aromatic carbocycles. The summed E-state index contributed by atoms with van der Waals surface area (Å²) in [6.45, 7) is 4.84. The van der Waals surface area contributed by atoms with Crippen LogP contribution in [0, 0.1) is 6.92 Å². The van der Waals surface area contributed by atoms with Crippen molar-refractivity contribution in [1.29, 1.82) is 0 Å². The summed E-state index contributed by atoms with van der Waals surface area (Å²) in [6, 6.07) is 11.9. The van der Waals surface area contributed by atoms with Gasteiger partial charge in [0.1, 0.15) is 17.5 Å². The fourth-order valence-corrected chi connectivity index (χ4v) is 2.92. The van der Waals surface area contributed by atoms with Crippen molar-refractivity contribution >= 4 is 23.6 Å². The van der Waals surface area contributed by atoms with Gasteiger partial charge < -0.3 is 14.7 Å². The van der Waals surface area contributed by atoms with Gasteiger partial charge in [0.2, 0.25) is 5.91 Å². The molecule has 6 heteroatoms. The fourth-order valence-electron chi connectivity index (χ4n) is 2.92. The highest BCUT2D eigenvalue weighted by atomic mass is 16.2. The molecular weight excluding hydrogens is 326 g/mol. The molecule has 0 saturated carbocycles. The molecule has 0 unspecified atom stereocenters. The average molecular weight is 351 g/mol. The molecule has 1 amide bonds. The van der Waals surface area contributed by atoms with Crippen LogP contribution in [-0.4, -0.2) is 61.0 Å². The van der Waals surface area contributed by atoms with Crippen molar-refractivity contribution in [1.82, 2.24) is 14.9 Å². The highest BCUT2D eigenvalue weighted by Gasteiger charge is 2.21. The fraction of sp³-hybridized carbons (Fsp3) is 0.350. The summed E-state index contributed by atoms with van der Waals surface area (Å²) >= 11 is 0. The van der Waals surface area contributed by atoms with Crippen molar-refractivity contribution in [2.45, 2.75) is 6.92 Å². The highest BCUT2D eigenvalue weighted by Crippen LogP contribution is 2.19. The average Bonchev–Trinajstić information content (AvgIpc) is 2.66. The Morgan fingerprint density at radius 3 is 2.42 bits per heavy atom. The van der Waals surface area contributed by atoms with E-state index in [4.69, 9.17) is 0 Å². The quantitative estimate of drug-likeness (QED) is 0.791. The van der Waals surface area contributed by atoms with Crippen molar-refractivity contribution in [2.75, 3.05) is 50.1 Å². The summed E-state index contributed by atoms with van der Waals surface area (Å²) in [6.07, 6.45) is 3.52. The molecule has 1 aliphatic rings. The Kier molecular flexibility index (Phi) is 5.51. The molecule has 0 N–H and O–H groups in total. The molecule has 136 valence electrons. The van der Waals surface area contributed by atoms with Crippen molar-refractivity contribution in [3.05, 3.63) is 53.9 Å². The van der Waals surface area contributed by atoms with Gasteiger partial charge >= 0.3 is 0 Å². The summed E-state index contributed by atoms with van der Waals surface area (Å²) in [5.74, 6) is 2.64. The number of amides is 1. The molecule has 0 atom stereocenters. The maximum Gasteiger partial charge on any atom is 0.246 e. The lowest BCUT2D eigenvalue weighted by atomic mass is 10.2. The van der Waals surface area contributed by atoms with E-state index in [1.807, 2.05) is 73.3 Å². The van der Waals surface area contributed by atoms with Crippen molar-refractivity contribution in [2.24, 2.45) is 0 Å². The van der Waals surface area contributed by atoms with Crippen LogP contribution >= 0.6 is 0 Å². The Labute approximate surface area is 154 Å². The van der Waals surface area contributed by atoms with Crippen LogP contribution in [0.15, 0.2) is 42.5 Å². The molecule has 0 aliphatic carbocycles. The summed E-state index contributed by atoms with van der Waals surface area (Å²) in [5, 5.41) is 0. The number of carbonyl (C=O) groups is 1. The van der Waals surface area contributed by atoms with Gasteiger partial charge in [0.15, 0.2) is 0 Å². The molecule has 26 heavy (non-hydrogen) atoms. The number of nitrogens with zero attached hydrogens (tertiary/aromatic N) is 5. The summed E-state index contributed by atoms with van der Waals surface area (Å²) in [7, 11) is 3.95. The SMILES string of the molecule is Cc1nc(N(C)C)cc(N2CCN(C(=O)/C=C/c3ccccc3)CC2)n1. The number of anilines is 2. The second-order valence-corrected chi connectivity index (χ2v) is 6.58. The molecular formula is C20H25N5O. The van der Waals surface area contributed by atoms with Crippen LogP contribution in [0.25, 0.3) is 6.08 Å². The zero-order valence-corrected chi connectivity index (χ0v) is 15.6. The normalized spacial score (nSPS) is 14.7. The van der Waals surface area contributed by atoms with Crippen molar-refractivity contribution in [3.63, 3.8) is 0 Å². The van der Waals surface area contributed by atoms with E-state index in [-0.39, 0.29) is 5.91 Å². The molecule has 1 saturated heterocycles. The van der Waals surface area contributed by atoms with Crippen LogP contribution in [0.3, 0.4) is 0 Å². The number of piperazine rings is 1. The lowest BCUT2D eigenvalue weighted by Crippen LogP contribution is -2.48. The molecule has 0 spiro atoms. The van der Waals surface area contributed by atoms with Gasteiger partial charge in [-0.05, 0) is 18.6 Å². The Morgan fingerprint density at radius 2 is 1.77 bits per heavy atom. The minimum atomic E-state index is 0.0568. The molecule has 2 aromatic rings. The third-order valence-electron chi connectivity index (χ3n) is 4.40. The van der Waals surface area contributed by atoms with Gasteiger partial charge in [-0.25, -0.2) is 9.97 Å². The largest absolute Gasteiger partial charge is 0.363 e. The Hall–Kier alpha value is -2.89. The minimum Gasteiger partial charge on any atom is -0.363 e.